The van der Waals surface area contributed by atoms with Crippen LogP contribution in [0.2, 0.25) is 0 Å². The number of nitriles is 1. The lowest BCUT2D eigenvalue weighted by atomic mass is 9.82. The van der Waals surface area contributed by atoms with Gasteiger partial charge in [-0.1, -0.05) is 6.07 Å². The molecule has 0 saturated carbocycles. The quantitative estimate of drug-likeness (QED) is 0.794. The molecule has 0 aliphatic carbocycles. The maximum Gasteiger partial charge on any atom is 0.246 e. The van der Waals surface area contributed by atoms with Gasteiger partial charge in [-0.3, -0.25) is 9.59 Å². The average Bonchev–Trinajstić information content (AvgIpc) is 3.08. The topological polar surface area (TPSA) is 64.4 Å². The van der Waals surface area contributed by atoms with Crippen LogP contribution in [0, 0.1) is 16.7 Å². The van der Waals surface area contributed by atoms with Crippen molar-refractivity contribution < 1.29 is 9.59 Å². The molecule has 3 rings (SSSR count). The lowest BCUT2D eigenvalue weighted by Crippen LogP contribution is -2.60. The Kier molecular flexibility index (Phi) is 3.06. The fourth-order valence-corrected chi connectivity index (χ4v) is 4.37. The zero-order valence-corrected chi connectivity index (χ0v) is 13.1. The molecule has 0 N–H and O–H groups in total. The highest BCUT2D eigenvalue weighted by molar-refractivity contribution is 7.10. The molecule has 5 nitrogen and oxygen atoms in total. The molecular weight excluding hydrogens is 286 g/mol. The molecule has 3 heterocycles. The first-order valence-corrected chi connectivity index (χ1v) is 7.82. The van der Waals surface area contributed by atoms with Gasteiger partial charge in [0.2, 0.25) is 11.8 Å². The summed E-state index contributed by atoms with van der Waals surface area (Å²) < 4.78 is 0. The van der Waals surface area contributed by atoms with Crippen LogP contribution in [0.15, 0.2) is 17.5 Å². The number of rotatable bonds is 1. The van der Waals surface area contributed by atoms with Crippen molar-refractivity contribution in [3.63, 3.8) is 0 Å². The van der Waals surface area contributed by atoms with Gasteiger partial charge in [0.05, 0.1) is 17.5 Å². The Bertz CT molecular complexity index is 636. The van der Waals surface area contributed by atoms with Gasteiger partial charge in [-0.2, -0.15) is 5.26 Å². The summed E-state index contributed by atoms with van der Waals surface area (Å²) in [7, 11) is 1.66. The van der Waals surface area contributed by atoms with Crippen LogP contribution in [-0.2, 0) is 9.59 Å². The van der Waals surface area contributed by atoms with Gasteiger partial charge in [0, 0.05) is 11.9 Å². The molecule has 0 bridgehead atoms. The zero-order valence-electron chi connectivity index (χ0n) is 12.2. The van der Waals surface area contributed by atoms with Gasteiger partial charge < -0.3 is 9.80 Å². The van der Waals surface area contributed by atoms with Gasteiger partial charge in [0.1, 0.15) is 12.1 Å². The van der Waals surface area contributed by atoms with Crippen molar-refractivity contribution in [2.24, 2.45) is 5.41 Å². The summed E-state index contributed by atoms with van der Waals surface area (Å²) in [6.07, 6.45) is 0.397. The van der Waals surface area contributed by atoms with E-state index in [1.54, 1.807) is 18.9 Å². The van der Waals surface area contributed by atoms with Crippen molar-refractivity contribution in [3.8, 4) is 6.07 Å². The SMILES string of the molecule is CC1C(=O)N2[C@@H](c3cccs3)[C@@](C)(C#N)C[C@H]2C(=O)N1C. The molecule has 4 atom stereocenters. The first kappa shape index (κ1) is 14.1. The zero-order chi connectivity index (χ0) is 15.4. The second-order valence-corrected chi connectivity index (χ2v) is 7.02. The van der Waals surface area contributed by atoms with E-state index in [2.05, 4.69) is 6.07 Å². The molecule has 1 aromatic heterocycles. The molecule has 0 aromatic carbocycles. The second kappa shape index (κ2) is 4.57. The van der Waals surface area contributed by atoms with Crippen LogP contribution in [0.4, 0.5) is 0 Å². The summed E-state index contributed by atoms with van der Waals surface area (Å²) in [6, 6.07) is 4.87. The number of likely N-dealkylation sites (N-methyl/N-ethyl adjacent to an activating group) is 1. The number of hydrogen-bond donors (Lipinski definition) is 0. The predicted molar refractivity (Wildman–Crippen MR) is 78.3 cm³/mol. The number of thiophene rings is 1. The van der Waals surface area contributed by atoms with Crippen molar-refractivity contribution in [2.45, 2.75) is 38.4 Å². The lowest BCUT2D eigenvalue weighted by Gasteiger charge is -2.41. The Labute approximate surface area is 127 Å². The molecule has 0 radical (unpaired) electrons. The third-order valence-corrected chi connectivity index (χ3v) is 5.65. The van der Waals surface area contributed by atoms with E-state index in [9.17, 15) is 14.9 Å². The van der Waals surface area contributed by atoms with Crippen LogP contribution in [0.3, 0.4) is 0 Å². The first-order chi connectivity index (χ1) is 9.90. The normalized spacial score (nSPS) is 35.8. The maximum atomic E-state index is 12.7. The molecule has 2 aliphatic rings. The molecule has 110 valence electrons. The highest BCUT2D eigenvalue weighted by Gasteiger charge is 2.58. The van der Waals surface area contributed by atoms with E-state index in [4.69, 9.17) is 0 Å². The lowest BCUT2D eigenvalue weighted by molar-refractivity contribution is -0.159. The molecule has 6 heteroatoms. The predicted octanol–water partition coefficient (Wildman–Crippen LogP) is 1.78. The van der Waals surface area contributed by atoms with Crippen molar-refractivity contribution in [3.05, 3.63) is 22.4 Å². The summed E-state index contributed by atoms with van der Waals surface area (Å²) in [4.78, 5) is 29.3. The van der Waals surface area contributed by atoms with Crippen molar-refractivity contribution in [1.82, 2.24) is 9.80 Å². The van der Waals surface area contributed by atoms with E-state index in [-0.39, 0.29) is 17.9 Å². The molecule has 2 amide bonds. The number of hydrogen-bond acceptors (Lipinski definition) is 4. The monoisotopic (exact) mass is 303 g/mol. The standard InChI is InChI=1S/C15H17N3O2S/c1-9-13(19)18-10(14(20)17(9)3)7-15(2,8-16)12(18)11-5-4-6-21-11/h4-6,9-10,12H,7H2,1-3H3/t9?,10-,12-,15+/m0/s1. The molecule has 2 aliphatic heterocycles. The van der Waals surface area contributed by atoms with Crippen LogP contribution in [0.5, 0.6) is 0 Å². The van der Waals surface area contributed by atoms with E-state index >= 15 is 0 Å². The third kappa shape index (κ3) is 1.80. The molecule has 21 heavy (non-hydrogen) atoms. The minimum atomic E-state index is -0.730. The van der Waals surface area contributed by atoms with E-state index in [0.717, 1.165) is 4.88 Å². The van der Waals surface area contributed by atoms with Crippen LogP contribution in [-0.4, -0.2) is 40.7 Å². The molecule has 2 saturated heterocycles. The molecule has 1 unspecified atom stereocenters. The van der Waals surface area contributed by atoms with E-state index in [1.165, 1.54) is 16.2 Å². The summed E-state index contributed by atoms with van der Waals surface area (Å²) >= 11 is 1.53. The molecular formula is C15H17N3O2S. The van der Waals surface area contributed by atoms with Crippen LogP contribution >= 0.6 is 11.3 Å². The van der Waals surface area contributed by atoms with E-state index < -0.39 is 17.5 Å². The molecule has 0 spiro atoms. The van der Waals surface area contributed by atoms with Crippen molar-refractivity contribution in [2.75, 3.05) is 7.05 Å². The van der Waals surface area contributed by atoms with Crippen LogP contribution < -0.4 is 0 Å². The van der Waals surface area contributed by atoms with Gasteiger partial charge in [-0.15, -0.1) is 11.3 Å². The number of carbonyl (C=O) groups is 2. The Morgan fingerprint density at radius 1 is 1.43 bits per heavy atom. The molecule has 1 aromatic rings. The Balaban J connectivity index is 2.12. The largest absolute Gasteiger partial charge is 0.332 e. The summed E-state index contributed by atoms with van der Waals surface area (Å²) in [5.41, 5.74) is -0.730. The average molecular weight is 303 g/mol. The summed E-state index contributed by atoms with van der Waals surface area (Å²) in [5.74, 6) is -0.137. The fraction of sp³-hybridized carbons (Fsp3) is 0.533. The molecule has 2 fully saturated rings. The van der Waals surface area contributed by atoms with Gasteiger partial charge in [0.25, 0.3) is 0 Å². The second-order valence-electron chi connectivity index (χ2n) is 6.04. The van der Waals surface area contributed by atoms with Crippen LogP contribution in [0.25, 0.3) is 0 Å². The van der Waals surface area contributed by atoms with E-state index in [1.807, 2.05) is 24.4 Å². The smallest absolute Gasteiger partial charge is 0.246 e. The summed E-state index contributed by atoms with van der Waals surface area (Å²) in [5, 5.41) is 11.6. The number of fused-ring (bicyclic) bond motifs is 1. The van der Waals surface area contributed by atoms with Gasteiger partial charge in [0.15, 0.2) is 0 Å². The third-order valence-electron chi connectivity index (χ3n) is 4.73. The Hall–Kier alpha value is -1.87. The number of nitrogens with zero attached hydrogens (tertiary/aromatic N) is 3. The van der Waals surface area contributed by atoms with Gasteiger partial charge >= 0.3 is 0 Å². The highest BCUT2D eigenvalue weighted by Crippen LogP contribution is 2.52. The minimum Gasteiger partial charge on any atom is -0.332 e. The number of carbonyl (C=O) groups excluding carboxylic acids is 2. The van der Waals surface area contributed by atoms with Crippen molar-refractivity contribution >= 4 is 23.2 Å². The Morgan fingerprint density at radius 2 is 2.14 bits per heavy atom. The number of amides is 2. The maximum absolute atomic E-state index is 12.7. The van der Waals surface area contributed by atoms with Gasteiger partial charge in [-0.25, -0.2) is 0 Å². The fourth-order valence-electron chi connectivity index (χ4n) is 3.40. The van der Waals surface area contributed by atoms with Gasteiger partial charge in [-0.05, 0) is 31.7 Å². The number of piperazine rings is 1. The minimum absolute atomic E-state index is 0.0670. The van der Waals surface area contributed by atoms with Crippen LogP contribution in [0.1, 0.15) is 31.2 Å². The van der Waals surface area contributed by atoms with E-state index in [0.29, 0.717) is 6.42 Å². The van der Waals surface area contributed by atoms with Crippen molar-refractivity contribution in [1.29, 1.82) is 5.26 Å². The Morgan fingerprint density at radius 3 is 2.71 bits per heavy atom. The highest BCUT2D eigenvalue weighted by atomic mass is 32.1. The first-order valence-electron chi connectivity index (χ1n) is 6.94. The summed E-state index contributed by atoms with van der Waals surface area (Å²) in [6.45, 7) is 3.59.